The first-order chi connectivity index (χ1) is 7.66. The lowest BCUT2D eigenvalue weighted by molar-refractivity contribution is 0.314. The molecule has 1 aromatic heterocycles. The minimum atomic E-state index is -0.100. The zero-order valence-electron chi connectivity index (χ0n) is 9.81. The molecule has 1 aliphatic heterocycles. The molecule has 1 unspecified atom stereocenters. The lowest BCUT2D eigenvalue weighted by Gasteiger charge is -2.26. The summed E-state index contributed by atoms with van der Waals surface area (Å²) < 4.78 is 0. The van der Waals surface area contributed by atoms with Gasteiger partial charge in [-0.15, -0.1) is 0 Å². The number of rotatable bonds is 3. The molecule has 2 rings (SSSR count). The summed E-state index contributed by atoms with van der Waals surface area (Å²) in [7, 11) is 4.13. The third-order valence-electron chi connectivity index (χ3n) is 3.21. The number of H-pyrrole nitrogens is 1. The van der Waals surface area contributed by atoms with Gasteiger partial charge in [0.15, 0.2) is 0 Å². The van der Waals surface area contributed by atoms with E-state index in [4.69, 9.17) is 0 Å². The van der Waals surface area contributed by atoms with Crippen LogP contribution >= 0.6 is 0 Å². The molecule has 5 heteroatoms. The van der Waals surface area contributed by atoms with Gasteiger partial charge in [0, 0.05) is 25.7 Å². The normalized spacial score (nSPS) is 21.2. The standard InChI is InChI=1S/C11H18N4O/c1-14-5-3-4-9(14)7-15(2)10-6-11(16)13-8-12-10/h6,8-9H,3-5,7H2,1-2H3,(H,12,13,16). The van der Waals surface area contributed by atoms with Crippen molar-refractivity contribution in [3.8, 4) is 0 Å². The first-order valence-electron chi connectivity index (χ1n) is 5.63. The van der Waals surface area contributed by atoms with E-state index in [0.717, 1.165) is 12.4 Å². The van der Waals surface area contributed by atoms with Crippen molar-refractivity contribution in [3.05, 3.63) is 22.7 Å². The molecule has 5 nitrogen and oxygen atoms in total. The Balaban J connectivity index is 2.02. The van der Waals surface area contributed by atoms with Gasteiger partial charge in [0.05, 0.1) is 6.33 Å². The van der Waals surface area contributed by atoms with Crippen LogP contribution in [0.5, 0.6) is 0 Å². The third kappa shape index (κ3) is 2.41. The Hall–Kier alpha value is -1.36. The van der Waals surface area contributed by atoms with Crippen molar-refractivity contribution in [2.75, 3.05) is 32.1 Å². The van der Waals surface area contributed by atoms with Crippen LogP contribution in [-0.4, -0.2) is 48.1 Å². The van der Waals surface area contributed by atoms with Gasteiger partial charge in [-0.05, 0) is 26.4 Å². The first-order valence-corrected chi connectivity index (χ1v) is 5.63. The summed E-state index contributed by atoms with van der Waals surface area (Å²) in [6.07, 6.45) is 3.94. The Bertz CT molecular complexity index is 403. The van der Waals surface area contributed by atoms with Gasteiger partial charge in [0.1, 0.15) is 5.82 Å². The van der Waals surface area contributed by atoms with Gasteiger partial charge in [-0.3, -0.25) is 4.79 Å². The van der Waals surface area contributed by atoms with Gasteiger partial charge in [0.2, 0.25) is 0 Å². The number of aromatic nitrogens is 2. The first kappa shape index (κ1) is 11.1. The highest BCUT2D eigenvalue weighted by Gasteiger charge is 2.22. The zero-order chi connectivity index (χ0) is 11.5. The number of nitrogens with zero attached hydrogens (tertiary/aromatic N) is 3. The molecule has 0 amide bonds. The van der Waals surface area contributed by atoms with E-state index in [0.29, 0.717) is 6.04 Å². The van der Waals surface area contributed by atoms with E-state index in [1.807, 2.05) is 11.9 Å². The molecule has 0 aromatic carbocycles. The highest BCUT2D eigenvalue weighted by atomic mass is 16.1. The second kappa shape index (κ2) is 4.65. The molecule has 1 atom stereocenters. The summed E-state index contributed by atoms with van der Waals surface area (Å²) in [5.41, 5.74) is -0.100. The van der Waals surface area contributed by atoms with E-state index < -0.39 is 0 Å². The Kier molecular flexibility index (Phi) is 3.24. The van der Waals surface area contributed by atoms with Crippen LogP contribution in [0, 0.1) is 0 Å². The minimum absolute atomic E-state index is 0.100. The highest BCUT2D eigenvalue weighted by molar-refractivity contribution is 5.35. The molecule has 0 aliphatic carbocycles. The summed E-state index contributed by atoms with van der Waals surface area (Å²) >= 11 is 0. The maximum absolute atomic E-state index is 11.2. The van der Waals surface area contributed by atoms with Crippen LogP contribution in [0.4, 0.5) is 5.82 Å². The number of likely N-dealkylation sites (tertiary alicyclic amines) is 1. The van der Waals surface area contributed by atoms with Gasteiger partial charge in [-0.1, -0.05) is 0 Å². The smallest absolute Gasteiger partial charge is 0.252 e. The van der Waals surface area contributed by atoms with E-state index in [1.54, 1.807) is 0 Å². The molecule has 0 saturated carbocycles. The quantitative estimate of drug-likeness (QED) is 0.799. The fourth-order valence-corrected chi connectivity index (χ4v) is 2.19. The van der Waals surface area contributed by atoms with Crippen LogP contribution in [-0.2, 0) is 0 Å². The van der Waals surface area contributed by atoms with Gasteiger partial charge in [-0.2, -0.15) is 0 Å². The topological polar surface area (TPSA) is 52.2 Å². The van der Waals surface area contributed by atoms with E-state index in [-0.39, 0.29) is 5.56 Å². The highest BCUT2D eigenvalue weighted by Crippen LogP contribution is 2.17. The van der Waals surface area contributed by atoms with E-state index in [9.17, 15) is 4.79 Å². The summed E-state index contributed by atoms with van der Waals surface area (Å²) in [5.74, 6) is 0.740. The molecular weight excluding hydrogens is 204 g/mol. The van der Waals surface area contributed by atoms with Gasteiger partial charge < -0.3 is 14.8 Å². The molecule has 1 aliphatic rings. The van der Waals surface area contributed by atoms with Crippen LogP contribution in [0.3, 0.4) is 0 Å². The van der Waals surface area contributed by atoms with Crippen molar-refractivity contribution in [3.63, 3.8) is 0 Å². The van der Waals surface area contributed by atoms with Crippen molar-refractivity contribution >= 4 is 5.82 Å². The molecule has 0 bridgehead atoms. The predicted octanol–water partition coefficient (Wildman–Crippen LogP) is 0.300. The van der Waals surface area contributed by atoms with Crippen molar-refractivity contribution in [2.45, 2.75) is 18.9 Å². The molecule has 2 heterocycles. The van der Waals surface area contributed by atoms with Crippen LogP contribution in [0.2, 0.25) is 0 Å². The van der Waals surface area contributed by atoms with Crippen LogP contribution in [0.25, 0.3) is 0 Å². The summed E-state index contributed by atoms with van der Waals surface area (Å²) in [6, 6.07) is 2.11. The Morgan fingerprint density at radius 1 is 1.69 bits per heavy atom. The summed E-state index contributed by atoms with van der Waals surface area (Å²) in [6.45, 7) is 2.09. The predicted molar refractivity (Wildman–Crippen MR) is 63.8 cm³/mol. The molecule has 1 aromatic rings. The zero-order valence-corrected chi connectivity index (χ0v) is 9.81. The SMILES string of the molecule is CN(CC1CCCN1C)c1cc(=O)[nH]cn1. The number of likely N-dealkylation sites (N-methyl/N-ethyl adjacent to an activating group) is 2. The lowest BCUT2D eigenvalue weighted by Crippen LogP contribution is -2.37. The summed E-state index contributed by atoms with van der Waals surface area (Å²) in [4.78, 5) is 22.3. The van der Waals surface area contributed by atoms with Gasteiger partial charge in [0.25, 0.3) is 5.56 Å². The number of hydrogen-bond donors (Lipinski definition) is 1. The molecular formula is C11H18N4O. The Labute approximate surface area is 95.1 Å². The Morgan fingerprint density at radius 3 is 3.12 bits per heavy atom. The van der Waals surface area contributed by atoms with Crippen molar-refractivity contribution < 1.29 is 0 Å². The number of nitrogens with one attached hydrogen (secondary N) is 1. The fraction of sp³-hybridized carbons (Fsp3) is 0.636. The number of hydrogen-bond acceptors (Lipinski definition) is 4. The maximum atomic E-state index is 11.2. The average Bonchev–Trinajstić information content (AvgIpc) is 2.64. The minimum Gasteiger partial charge on any atom is -0.358 e. The fourth-order valence-electron chi connectivity index (χ4n) is 2.19. The van der Waals surface area contributed by atoms with Crippen molar-refractivity contribution in [2.24, 2.45) is 0 Å². The number of aromatic amines is 1. The largest absolute Gasteiger partial charge is 0.358 e. The molecule has 1 N–H and O–H groups in total. The molecule has 0 radical (unpaired) electrons. The second-order valence-electron chi connectivity index (χ2n) is 4.43. The molecule has 88 valence electrons. The third-order valence-corrected chi connectivity index (χ3v) is 3.21. The van der Waals surface area contributed by atoms with E-state index in [2.05, 4.69) is 21.9 Å². The molecule has 1 saturated heterocycles. The van der Waals surface area contributed by atoms with E-state index in [1.165, 1.54) is 31.8 Å². The summed E-state index contributed by atoms with van der Waals surface area (Å²) in [5, 5.41) is 0. The van der Waals surface area contributed by atoms with Gasteiger partial charge in [-0.25, -0.2) is 4.98 Å². The molecule has 0 spiro atoms. The van der Waals surface area contributed by atoms with Crippen molar-refractivity contribution in [1.82, 2.24) is 14.9 Å². The lowest BCUT2D eigenvalue weighted by atomic mass is 10.2. The Morgan fingerprint density at radius 2 is 2.50 bits per heavy atom. The van der Waals surface area contributed by atoms with E-state index >= 15 is 0 Å². The van der Waals surface area contributed by atoms with Crippen LogP contribution < -0.4 is 10.5 Å². The second-order valence-corrected chi connectivity index (χ2v) is 4.43. The average molecular weight is 222 g/mol. The van der Waals surface area contributed by atoms with Crippen LogP contribution in [0.15, 0.2) is 17.2 Å². The van der Waals surface area contributed by atoms with Crippen LogP contribution in [0.1, 0.15) is 12.8 Å². The monoisotopic (exact) mass is 222 g/mol. The number of anilines is 1. The molecule has 16 heavy (non-hydrogen) atoms. The molecule has 1 fully saturated rings. The maximum Gasteiger partial charge on any atom is 0.252 e. The van der Waals surface area contributed by atoms with Gasteiger partial charge >= 0.3 is 0 Å². The van der Waals surface area contributed by atoms with Crippen molar-refractivity contribution in [1.29, 1.82) is 0 Å².